The molecule has 146 valence electrons. The Hall–Kier alpha value is -1.71. The zero-order valence-corrected chi connectivity index (χ0v) is 17.8. The number of thioether (sulfide) groups is 1. The molecule has 4 rings (SSSR count). The number of anilines is 1. The van der Waals surface area contributed by atoms with Gasteiger partial charge in [-0.2, -0.15) is 4.99 Å². The lowest BCUT2D eigenvalue weighted by atomic mass is 10.1. The van der Waals surface area contributed by atoms with E-state index >= 15 is 0 Å². The number of carbonyl (C=O) groups is 1. The molecule has 0 saturated carbocycles. The molecule has 1 amide bonds. The van der Waals surface area contributed by atoms with Gasteiger partial charge in [-0.25, -0.2) is 12.8 Å². The first kappa shape index (κ1) is 19.6. The maximum atomic E-state index is 13.0. The Morgan fingerprint density at radius 3 is 2.68 bits per heavy atom. The summed E-state index contributed by atoms with van der Waals surface area (Å²) in [5.41, 5.74) is 1.47. The number of rotatable bonds is 3. The fourth-order valence-corrected chi connectivity index (χ4v) is 7.73. The second-order valence-corrected chi connectivity index (χ2v) is 11.0. The number of carbonyl (C=O) groups excluding carboxylic acids is 1. The lowest BCUT2D eigenvalue weighted by molar-refractivity contribution is -0.117. The third kappa shape index (κ3) is 4.16. The Balaban J connectivity index is 1.63. The van der Waals surface area contributed by atoms with Gasteiger partial charge in [-0.15, -0.1) is 0 Å². The molecular weight excluding hydrogens is 467 g/mol. The van der Waals surface area contributed by atoms with Crippen molar-refractivity contribution in [3.8, 4) is 0 Å². The maximum absolute atomic E-state index is 13.0. The van der Waals surface area contributed by atoms with E-state index in [1.165, 1.54) is 23.9 Å². The summed E-state index contributed by atoms with van der Waals surface area (Å²) in [7, 11) is -3.11. The van der Waals surface area contributed by atoms with Crippen molar-refractivity contribution in [2.45, 2.75) is 17.7 Å². The number of aliphatic imine (C=N–C) groups is 1. The second kappa shape index (κ2) is 7.61. The third-order valence-electron chi connectivity index (χ3n) is 4.64. The molecule has 2 aromatic carbocycles. The van der Waals surface area contributed by atoms with Crippen molar-refractivity contribution in [3.63, 3.8) is 0 Å². The zero-order valence-electron chi connectivity index (χ0n) is 14.6. The molecule has 2 aromatic rings. The van der Waals surface area contributed by atoms with E-state index in [0.29, 0.717) is 10.7 Å². The minimum absolute atomic E-state index is 0.0440. The molecule has 0 aliphatic carbocycles. The van der Waals surface area contributed by atoms with Crippen molar-refractivity contribution in [2.24, 2.45) is 4.99 Å². The minimum Gasteiger partial charge on any atom is -0.316 e. The number of halogens is 2. The average molecular weight is 483 g/mol. The Morgan fingerprint density at radius 2 is 1.96 bits per heavy atom. The van der Waals surface area contributed by atoms with Gasteiger partial charge in [-0.1, -0.05) is 45.9 Å². The number of hydrogen-bond donors (Lipinski definition) is 0. The molecule has 28 heavy (non-hydrogen) atoms. The molecule has 0 unspecified atom stereocenters. The lowest BCUT2D eigenvalue weighted by Gasteiger charge is -2.24. The highest BCUT2D eigenvalue weighted by Crippen LogP contribution is 2.41. The molecule has 2 aliphatic heterocycles. The smallest absolute Gasteiger partial charge is 0.252 e. The topological polar surface area (TPSA) is 66.8 Å². The minimum atomic E-state index is -3.11. The molecule has 5 nitrogen and oxygen atoms in total. The van der Waals surface area contributed by atoms with E-state index in [1.807, 2.05) is 29.2 Å². The van der Waals surface area contributed by atoms with Crippen molar-refractivity contribution >= 4 is 54.3 Å². The Labute approximate surface area is 175 Å². The molecule has 0 aromatic heterocycles. The summed E-state index contributed by atoms with van der Waals surface area (Å²) in [5, 5.41) is 0.358. The van der Waals surface area contributed by atoms with Crippen LogP contribution in [0.1, 0.15) is 5.56 Å². The average Bonchev–Trinajstić information content (AvgIpc) is 3.07. The molecule has 0 radical (unpaired) electrons. The molecule has 0 N–H and O–H groups in total. The van der Waals surface area contributed by atoms with E-state index in [-0.39, 0.29) is 40.9 Å². The molecular formula is C19H16BrFN2O3S2. The molecule has 0 bridgehead atoms. The van der Waals surface area contributed by atoms with Crippen LogP contribution in [-0.4, -0.2) is 42.3 Å². The van der Waals surface area contributed by atoms with Crippen molar-refractivity contribution < 1.29 is 17.6 Å². The van der Waals surface area contributed by atoms with Crippen molar-refractivity contribution in [1.29, 1.82) is 0 Å². The Morgan fingerprint density at radius 1 is 1.21 bits per heavy atom. The van der Waals surface area contributed by atoms with Gasteiger partial charge in [0.1, 0.15) is 5.82 Å². The van der Waals surface area contributed by atoms with Crippen LogP contribution in [0.2, 0.25) is 0 Å². The van der Waals surface area contributed by atoms with Gasteiger partial charge in [0.15, 0.2) is 15.0 Å². The van der Waals surface area contributed by atoms with Crippen LogP contribution < -0.4 is 4.90 Å². The first-order valence-corrected chi connectivity index (χ1v) is 12.1. The fraction of sp³-hybridized carbons (Fsp3) is 0.263. The first-order chi connectivity index (χ1) is 13.3. The SMILES string of the molecule is O=C(Cc1ccc(F)cc1)N=C1S[C@H]2CS(=O)(=O)C[C@@H]2N1c1cccc(Br)c1. The van der Waals surface area contributed by atoms with E-state index in [1.54, 1.807) is 12.1 Å². The van der Waals surface area contributed by atoms with Gasteiger partial charge in [0.25, 0.3) is 5.91 Å². The van der Waals surface area contributed by atoms with E-state index < -0.39 is 9.84 Å². The highest BCUT2D eigenvalue weighted by molar-refractivity contribution is 9.10. The fourth-order valence-electron chi connectivity index (χ4n) is 3.42. The number of fused-ring (bicyclic) bond motifs is 1. The summed E-state index contributed by atoms with van der Waals surface area (Å²) in [5.74, 6) is -0.582. The predicted octanol–water partition coefficient (Wildman–Crippen LogP) is 3.43. The summed E-state index contributed by atoms with van der Waals surface area (Å²) < 4.78 is 38.1. The molecule has 2 saturated heterocycles. The van der Waals surface area contributed by atoms with Crippen LogP contribution in [0.3, 0.4) is 0 Å². The van der Waals surface area contributed by atoms with Gasteiger partial charge in [0.2, 0.25) is 0 Å². The molecule has 2 heterocycles. The van der Waals surface area contributed by atoms with Crippen LogP contribution >= 0.6 is 27.7 Å². The van der Waals surface area contributed by atoms with Crippen molar-refractivity contribution in [1.82, 2.24) is 0 Å². The van der Waals surface area contributed by atoms with Gasteiger partial charge in [-0.3, -0.25) is 4.79 Å². The molecule has 2 atom stereocenters. The normalized spacial score (nSPS) is 24.5. The van der Waals surface area contributed by atoms with Gasteiger partial charge in [0, 0.05) is 15.4 Å². The molecule has 2 aliphatic rings. The van der Waals surface area contributed by atoms with E-state index in [4.69, 9.17) is 0 Å². The van der Waals surface area contributed by atoms with Crippen molar-refractivity contribution in [3.05, 3.63) is 64.4 Å². The zero-order chi connectivity index (χ0) is 19.9. The summed E-state index contributed by atoms with van der Waals surface area (Å²) >= 11 is 4.77. The number of amidine groups is 1. The lowest BCUT2D eigenvalue weighted by Crippen LogP contribution is -2.37. The molecule has 9 heteroatoms. The number of hydrogen-bond acceptors (Lipinski definition) is 4. The number of amides is 1. The van der Waals surface area contributed by atoms with Gasteiger partial charge in [0.05, 0.1) is 24.0 Å². The summed E-state index contributed by atoms with van der Waals surface area (Å²) in [4.78, 5) is 18.6. The van der Waals surface area contributed by atoms with Crippen LogP contribution in [0.4, 0.5) is 10.1 Å². The largest absolute Gasteiger partial charge is 0.316 e. The summed E-state index contributed by atoms with van der Waals surface area (Å²) in [6.45, 7) is 0. The first-order valence-electron chi connectivity index (χ1n) is 8.58. The summed E-state index contributed by atoms with van der Waals surface area (Å²) in [6, 6.07) is 13.0. The number of benzene rings is 2. The van der Waals surface area contributed by atoms with Gasteiger partial charge in [-0.05, 0) is 35.9 Å². The summed E-state index contributed by atoms with van der Waals surface area (Å²) in [6.07, 6.45) is 0.0598. The van der Waals surface area contributed by atoms with E-state index in [9.17, 15) is 17.6 Å². The second-order valence-electron chi connectivity index (χ2n) is 6.74. The van der Waals surface area contributed by atoms with E-state index in [0.717, 1.165) is 10.2 Å². The quantitative estimate of drug-likeness (QED) is 0.670. The van der Waals surface area contributed by atoms with Crippen LogP contribution in [0, 0.1) is 5.82 Å². The highest BCUT2D eigenvalue weighted by Gasteiger charge is 2.49. The van der Waals surface area contributed by atoms with Crippen molar-refractivity contribution in [2.75, 3.05) is 16.4 Å². The maximum Gasteiger partial charge on any atom is 0.252 e. The highest BCUT2D eigenvalue weighted by atomic mass is 79.9. The Bertz CT molecular complexity index is 1060. The Kier molecular flexibility index (Phi) is 5.32. The predicted molar refractivity (Wildman–Crippen MR) is 113 cm³/mol. The van der Waals surface area contributed by atoms with Crippen LogP contribution in [0.25, 0.3) is 0 Å². The van der Waals surface area contributed by atoms with Crippen LogP contribution in [0.15, 0.2) is 58.0 Å². The number of sulfone groups is 1. The third-order valence-corrected chi connectivity index (χ3v) is 8.34. The standard InChI is InChI=1S/C19H16BrFN2O3S2/c20-13-2-1-3-15(9-13)23-16-10-28(25,26)11-17(16)27-19(23)22-18(24)8-12-4-6-14(21)7-5-12/h1-7,9,16-17H,8,10-11H2/t16-,17-/m0/s1. The van der Waals surface area contributed by atoms with Gasteiger partial charge >= 0.3 is 0 Å². The van der Waals surface area contributed by atoms with Gasteiger partial charge < -0.3 is 4.90 Å². The van der Waals surface area contributed by atoms with Crippen LogP contribution in [0.5, 0.6) is 0 Å². The molecule has 2 fully saturated rings. The monoisotopic (exact) mass is 482 g/mol. The molecule has 0 spiro atoms. The van der Waals surface area contributed by atoms with E-state index in [2.05, 4.69) is 20.9 Å². The van der Waals surface area contributed by atoms with Crippen LogP contribution in [-0.2, 0) is 21.1 Å². The number of nitrogens with zero attached hydrogens (tertiary/aromatic N) is 2.